The molecule has 6 nitrogen and oxygen atoms in total. The van der Waals surface area contributed by atoms with Crippen LogP contribution in [-0.2, 0) is 5.60 Å². The summed E-state index contributed by atoms with van der Waals surface area (Å²) >= 11 is 0. The van der Waals surface area contributed by atoms with Crippen molar-refractivity contribution in [1.82, 2.24) is 10.6 Å². The number of aliphatic hydroxyl groups is 2. The summed E-state index contributed by atoms with van der Waals surface area (Å²) in [4.78, 5) is 4.18. The van der Waals surface area contributed by atoms with Crippen molar-refractivity contribution in [3.05, 3.63) is 23.2 Å². The molecule has 0 radical (unpaired) electrons. The standard InChI is InChI=1S/C17H29N3O3/c1-11-8-14(12(2)23-11)17(3,22)10-20-16(18-4)19-9-13-6-5-7-15(13)21/h8,13,15,21-22H,5-7,9-10H2,1-4H3,(H2,18,19,20). The van der Waals surface area contributed by atoms with E-state index in [0.29, 0.717) is 19.0 Å². The molecule has 0 spiro atoms. The largest absolute Gasteiger partial charge is 0.466 e. The monoisotopic (exact) mass is 323 g/mol. The first-order chi connectivity index (χ1) is 10.8. The van der Waals surface area contributed by atoms with Crippen LogP contribution in [0.4, 0.5) is 0 Å². The molecule has 1 aliphatic rings. The second-order valence-electron chi connectivity index (χ2n) is 6.67. The van der Waals surface area contributed by atoms with Gasteiger partial charge in [-0.05, 0) is 39.7 Å². The molecular formula is C17H29N3O3. The maximum atomic E-state index is 10.7. The molecule has 0 saturated heterocycles. The molecule has 4 N–H and O–H groups in total. The summed E-state index contributed by atoms with van der Waals surface area (Å²) in [6.45, 7) is 6.48. The van der Waals surface area contributed by atoms with Crippen molar-refractivity contribution in [2.45, 2.75) is 51.7 Å². The smallest absolute Gasteiger partial charge is 0.191 e. The molecule has 2 rings (SSSR count). The topological polar surface area (TPSA) is 90.0 Å². The van der Waals surface area contributed by atoms with Crippen LogP contribution in [-0.4, -0.2) is 42.4 Å². The Morgan fingerprint density at radius 1 is 1.39 bits per heavy atom. The molecule has 1 aromatic rings. The number of nitrogens with one attached hydrogen (secondary N) is 2. The first kappa shape index (κ1) is 17.8. The number of furan rings is 1. The Labute approximate surface area is 138 Å². The van der Waals surface area contributed by atoms with Crippen molar-refractivity contribution in [2.24, 2.45) is 10.9 Å². The van der Waals surface area contributed by atoms with Gasteiger partial charge >= 0.3 is 0 Å². The molecule has 1 aromatic heterocycles. The SMILES string of the molecule is CN=C(NCC1CCCC1O)NCC(C)(O)c1cc(C)oc1C. The minimum absolute atomic E-state index is 0.222. The zero-order valence-electron chi connectivity index (χ0n) is 14.5. The summed E-state index contributed by atoms with van der Waals surface area (Å²) in [6, 6.07) is 1.86. The second-order valence-corrected chi connectivity index (χ2v) is 6.67. The minimum Gasteiger partial charge on any atom is -0.466 e. The lowest BCUT2D eigenvalue weighted by Crippen LogP contribution is -2.46. The van der Waals surface area contributed by atoms with Crippen LogP contribution in [0, 0.1) is 19.8 Å². The number of aliphatic imine (C=N–C) groups is 1. The van der Waals surface area contributed by atoms with Gasteiger partial charge in [-0.2, -0.15) is 0 Å². The van der Waals surface area contributed by atoms with Gasteiger partial charge in [0.2, 0.25) is 0 Å². The number of aliphatic hydroxyl groups excluding tert-OH is 1. The van der Waals surface area contributed by atoms with E-state index in [-0.39, 0.29) is 12.0 Å². The van der Waals surface area contributed by atoms with Gasteiger partial charge in [0.05, 0.1) is 12.6 Å². The van der Waals surface area contributed by atoms with Crippen molar-refractivity contribution in [3.8, 4) is 0 Å². The van der Waals surface area contributed by atoms with Crippen molar-refractivity contribution < 1.29 is 14.6 Å². The van der Waals surface area contributed by atoms with Gasteiger partial charge in [-0.15, -0.1) is 0 Å². The van der Waals surface area contributed by atoms with Crippen LogP contribution in [0.25, 0.3) is 0 Å². The molecule has 0 aromatic carbocycles. The Morgan fingerprint density at radius 2 is 2.13 bits per heavy atom. The molecule has 6 heteroatoms. The predicted molar refractivity (Wildman–Crippen MR) is 90.5 cm³/mol. The van der Waals surface area contributed by atoms with Gasteiger partial charge in [0.15, 0.2) is 5.96 Å². The average Bonchev–Trinajstić information content (AvgIpc) is 3.05. The van der Waals surface area contributed by atoms with Gasteiger partial charge < -0.3 is 25.3 Å². The number of hydrogen-bond donors (Lipinski definition) is 4. The molecule has 3 atom stereocenters. The van der Waals surface area contributed by atoms with E-state index in [1.54, 1.807) is 14.0 Å². The van der Waals surface area contributed by atoms with Gasteiger partial charge in [0, 0.05) is 25.1 Å². The van der Waals surface area contributed by atoms with Crippen molar-refractivity contribution in [2.75, 3.05) is 20.1 Å². The summed E-state index contributed by atoms with van der Waals surface area (Å²) in [5.74, 6) is 2.41. The van der Waals surface area contributed by atoms with Crippen LogP contribution in [0.1, 0.15) is 43.3 Å². The van der Waals surface area contributed by atoms with Gasteiger partial charge in [-0.3, -0.25) is 4.99 Å². The zero-order valence-corrected chi connectivity index (χ0v) is 14.5. The van der Waals surface area contributed by atoms with Crippen LogP contribution in [0.2, 0.25) is 0 Å². The molecular weight excluding hydrogens is 294 g/mol. The summed E-state index contributed by atoms with van der Waals surface area (Å²) in [7, 11) is 1.70. The van der Waals surface area contributed by atoms with Crippen LogP contribution in [0.3, 0.4) is 0 Å². The lowest BCUT2D eigenvalue weighted by atomic mass is 9.96. The molecule has 0 bridgehead atoms. The van der Waals surface area contributed by atoms with E-state index in [0.717, 1.165) is 36.3 Å². The maximum absolute atomic E-state index is 10.7. The molecule has 1 aliphatic carbocycles. The molecule has 1 fully saturated rings. The number of nitrogens with zero attached hydrogens (tertiary/aromatic N) is 1. The van der Waals surface area contributed by atoms with E-state index in [4.69, 9.17) is 4.42 Å². The van der Waals surface area contributed by atoms with Crippen molar-refractivity contribution in [3.63, 3.8) is 0 Å². The van der Waals surface area contributed by atoms with E-state index < -0.39 is 5.60 Å². The summed E-state index contributed by atoms with van der Waals surface area (Å²) in [5, 5.41) is 26.9. The average molecular weight is 323 g/mol. The minimum atomic E-state index is -1.05. The molecule has 1 saturated carbocycles. The summed E-state index contributed by atoms with van der Waals surface area (Å²) in [5.41, 5.74) is -0.268. The third-order valence-corrected chi connectivity index (χ3v) is 4.60. The molecule has 23 heavy (non-hydrogen) atoms. The van der Waals surface area contributed by atoms with Crippen LogP contribution in [0.15, 0.2) is 15.5 Å². The number of guanidine groups is 1. The molecule has 0 amide bonds. The fraction of sp³-hybridized carbons (Fsp3) is 0.706. The van der Waals surface area contributed by atoms with Crippen molar-refractivity contribution in [1.29, 1.82) is 0 Å². The molecule has 130 valence electrons. The molecule has 1 heterocycles. The highest BCUT2D eigenvalue weighted by atomic mass is 16.3. The van der Waals surface area contributed by atoms with Gasteiger partial charge in [-0.1, -0.05) is 6.42 Å². The third-order valence-electron chi connectivity index (χ3n) is 4.60. The fourth-order valence-corrected chi connectivity index (χ4v) is 3.22. The Morgan fingerprint density at radius 3 is 2.65 bits per heavy atom. The molecule has 3 unspecified atom stereocenters. The Balaban J connectivity index is 1.88. The lowest BCUT2D eigenvalue weighted by Gasteiger charge is -2.25. The van der Waals surface area contributed by atoms with Crippen LogP contribution in [0.5, 0.6) is 0 Å². The number of aryl methyl sites for hydroxylation is 2. The highest BCUT2D eigenvalue weighted by molar-refractivity contribution is 5.79. The highest BCUT2D eigenvalue weighted by Gasteiger charge is 2.28. The first-order valence-corrected chi connectivity index (χ1v) is 8.26. The van der Waals surface area contributed by atoms with Crippen molar-refractivity contribution >= 4 is 5.96 Å². The predicted octanol–water partition coefficient (Wildman–Crippen LogP) is 1.43. The van der Waals surface area contributed by atoms with Gasteiger partial charge in [0.25, 0.3) is 0 Å². The van der Waals surface area contributed by atoms with E-state index in [1.807, 2.05) is 19.9 Å². The fourth-order valence-electron chi connectivity index (χ4n) is 3.22. The van der Waals surface area contributed by atoms with Crippen LogP contribution >= 0.6 is 0 Å². The first-order valence-electron chi connectivity index (χ1n) is 8.26. The second kappa shape index (κ2) is 7.36. The Hall–Kier alpha value is -1.53. The molecule has 0 aliphatic heterocycles. The summed E-state index contributed by atoms with van der Waals surface area (Å²) in [6.07, 6.45) is 2.77. The zero-order chi connectivity index (χ0) is 17.0. The third kappa shape index (κ3) is 4.48. The lowest BCUT2D eigenvalue weighted by molar-refractivity contribution is 0.0601. The quantitative estimate of drug-likeness (QED) is 0.486. The summed E-state index contributed by atoms with van der Waals surface area (Å²) < 4.78 is 5.50. The Kier molecular flexibility index (Phi) is 5.70. The van der Waals surface area contributed by atoms with E-state index in [1.165, 1.54) is 0 Å². The normalized spacial score (nSPS) is 24.5. The van der Waals surface area contributed by atoms with E-state index >= 15 is 0 Å². The highest BCUT2D eigenvalue weighted by Crippen LogP contribution is 2.26. The Bertz CT molecular complexity index is 551. The van der Waals surface area contributed by atoms with Gasteiger partial charge in [0.1, 0.15) is 17.1 Å². The van der Waals surface area contributed by atoms with E-state index in [9.17, 15) is 10.2 Å². The maximum Gasteiger partial charge on any atom is 0.191 e. The number of hydrogen-bond acceptors (Lipinski definition) is 4. The van der Waals surface area contributed by atoms with Crippen LogP contribution < -0.4 is 10.6 Å². The van der Waals surface area contributed by atoms with E-state index in [2.05, 4.69) is 15.6 Å². The number of rotatable bonds is 5. The van der Waals surface area contributed by atoms with Gasteiger partial charge in [-0.25, -0.2) is 0 Å².